The number of ether oxygens (including phenoxy) is 1. The predicted octanol–water partition coefficient (Wildman–Crippen LogP) is 3.78. The van der Waals surface area contributed by atoms with Gasteiger partial charge in [0.2, 0.25) is 5.91 Å². The van der Waals surface area contributed by atoms with Gasteiger partial charge in [-0.2, -0.15) is 0 Å². The van der Waals surface area contributed by atoms with Crippen LogP contribution in [0.1, 0.15) is 12.8 Å². The van der Waals surface area contributed by atoms with Crippen molar-refractivity contribution in [3.63, 3.8) is 0 Å². The van der Waals surface area contributed by atoms with Gasteiger partial charge in [0.15, 0.2) is 5.13 Å². The molecule has 1 heterocycles. The number of carbonyl (C=O) groups is 1. The Hall–Kier alpha value is -1.59. The number of carbonyl (C=O) groups excluding carboxylic acids is 1. The molecule has 1 aromatic carbocycles. The van der Waals surface area contributed by atoms with Crippen molar-refractivity contribution in [3.8, 4) is 17.0 Å². The van der Waals surface area contributed by atoms with Crippen LogP contribution < -0.4 is 10.1 Å². The molecule has 4 nitrogen and oxygen atoms in total. The second-order valence-electron chi connectivity index (χ2n) is 4.11. The summed E-state index contributed by atoms with van der Waals surface area (Å²) in [7, 11) is 1.63. The maximum absolute atomic E-state index is 11.6. The topological polar surface area (TPSA) is 51.2 Å². The minimum atomic E-state index is -0.0582. The summed E-state index contributed by atoms with van der Waals surface area (Å²) in [5, 5.41) is 5.28. The lowest BCUT2D eigenvalue weighted by Gasteiger charge is -2.02. The van der Waals surface area contributed by atoms with Crippen LogP contribution >= 0.6 is 22.9 Å². The van der Waals surface area contributed by atoms with Gasteiger partial charge >= 0.3 is 0 Å². The summed E-state index contributed by atoms with van der Waals surface area (Å²) in [5.74, 6) is 1.21. The van der Waals surface area contributed by atoms with Crippen LogP contribution in [0.3, 0.4) is 0 Å². The third kappa shape index (κ3) is 3.95. The van der Waals surface area contributed by atoms with Crippen molar-refractivity contribution in [1.29, 1.82) is 0 Å². The van der Waals surface area contributed by atoms with Crippen LogP contribution in [0.15, 0.2) is 29.6 Å². The van der Waals surface area contributed by atoms with Crippen LogP contribution in [0.5, 0.6) is 5.75 Å². The van der Waals surface area contributed by atoms with Crippen LogP contribution in [-0.2, 0) is 4.79 Å². The Kier molecular flexibility index (Phi) is 5.38. The van der Waals surface area contributed by atoms with Gasteiger partial charge in [-0.1, -0.05) is 12.1 Å². The molecule has 20 heavy (non-hydrogen) atoms. The first-order valence-corrected chi connectivity index (χ1v) is 7.60. The van der Waals surface area contributed by atoms with E-state index in [9.17, 15) is 4.79 Å². The summed E-state index contributed by atoms with van der Waals surface area (Å²) in [6.45, 7) is 0. The molecule has 1 N–H and O–H groups in total. The fourth-order valence-corrected chi connectivity index (χ4v) is 2.52. The molecule has 1 amide bonds. The highest BCUT2D eigenvalue weighted by atomic mass is 35.5. The first-order valence-electron chi connectivity index (χ1n) is 6.18. The number of hydrogen-bond acceptors (Lipinski definition) is 4. The summed E-state index contributed by atoms with van der Waals surface area (Å²) < 4.78 is 5.19. The number of nitrogens with one attached hydrogen (secondary N) is 1. The summed E-state index contributed by atoms with van der Waals surface area (Å²) in [5.41, 5.74) is 1.78. The van der Waals surface area contributed by atoms with E-state index in [2.05, 4.69) is 10.3 Å². The number of amides is 1. The van der Waals surface area contributed by atoms with Crippen LogP contribution in [0.4, 0.5) is 5.13 Å². The number of rotatable bonds is 6. The summed E-state index contributed by atoms with van der Waals surface area (Å²) in [6, 6.07) is 7.65. The molecule has 6 heteroatoms. The maximum atomic E-state index is 11.6. The third-order valence-electron chi connectivity index (χ3n) is 2.65. The normalized spacial score (nSPS) is 10.3. The second kappa shape index (κ2) is 7.26. The van der Waals surface area contributed by atoms with Crippen molar-refractivity contribution in [3.05, 3.63) is 29.6 Å². The number of hydrogen-bond donors (Lipinski definition) is 1. The molecule has 0 bridgehead atoms. The predicted molar refractivity (Wildman–Crippen MR) is 82.7 cm³/mol. The minimum absolute atomic E-state index is 0.0582. The van der Waals surface area contributed by atoms with E-state index in [0.717, 1.165) is 17.0 Å². The molecule has 0 radical (unpaired) electrons. The average molecular weight is 311 g/mol. The number of benzene rings is 1. The minimum Gasteiger partial charge on any atom is -0.497 e. The van der Waals surface area contributed by atoms with Crippen molar-refractivity contribution >= 4 is 34.0 Å². The molecule has 0 aliphatic carbocycles. The summed E-state index contributed by atoms with van der Waals surface area (Å²) in [6.07, 6.45) is 1.08. The number of aromatic nitrogens is 1. The Labute approximate surface area is 126 Å². The van der Waals surface area contributed by atoms with Gasteiger partial charge in [-0.15, -0.1) is 22.9 Å². The monoisotopic (exact) mass is 310 g/mol. The van der Waals surface area contributed by atoms with E-state index >= 15 is 0 Å². The molecule has 1 aromatic heterocycles. The van der Waals surface area contributed by atoms with Gasteiger partial charge in [0, 0.05) is 23.2 Å². The highest BCUT2D eigenvalue weighted by molar-refractivity contribution is 7.14. The Balaban J connectivity index is 2.06. The average Bonchev–Trinajstić information content (AvgIpc) is 2.93. The second-order valence-corrected chi connectivity index (χ2v) is 5.35. The molecule has 0 saturated heterocycles. The van der Waals surface area contributed by atoms with E-state index in [-0.39, 0.29) is 5.91 Å². The van der Waals surface area contributed by atoms with E-state index in [0.29, 0.717) is 23.9 Å². The largest absolute Gasteiger partial charge is 0.497 e. The SMILES string of the molecule is COc1cccc(-c2csc(NC(=O)CCCCl)n2)c1. The molecular weight excluding hydrogens is 296 g/mol. The van der Waals surface area contributed by atoms with Gasteiger partial charge in [-0.25, -0.2) is 4.98 Å². The first-order chi connectivity index (χ1) is 9.72. The fraction of sp³-hybridized carbons (Fsp3) is 0.286. The molecule has 2 aromatic rings. The van der Waals surface area contributed by atoms with E-state index in [1.54, 1.807) is 7.11 Å². The number of nitrogens with zero attached hydrogens (tertiary/aromatic N) is 1. The molecule has 106 valence electrons. The van der Waals surface area contributed by atoms with Crippen molar-refractivity contribution < 1.29 is 9.53 Å². The molecule has 0 aliphatic heterocycles. The molecule has 0 atom stereocenters. The molecule has 0 saturated carbocycles. The third-order valence-corrected chi connectivity index (χ3v) is 3.68. The van der Waals surface area contributed by atoms with Crippen molar-refractivity contribution in [2.45, 2.75) is 12.8 Å². The van der Waals surface area contributed by atoms with Gasteiger partial charge in [0.25, 0.3) is 0 Å². The molecule has 0 unspecified atom stereocenters. The fourth-order valence-electron chi connectivity index (χ4n) is 1.66. The van der Waals surface area contributed by atoms with Crippen molar-refractivity contribution in [1.82, 2.24) is 4.98 Å². The lowest BCUT2D eigenvalue weighted by atomic mass is 10.2. The van der Waals surface area contributed by atoms with Gasteiger partial charge < -0.3 is 10.1 Å². The van der Waals surface area contributed by atoms with Crippen LogP contribution in [0.2, 0.25) is 0 Å². The molecule has 0 fully saturated rings. The lowest BCUT2D eigenvalue weighted by molar-refractivity contribution is -0.116. The number of anilines is 1. The van der Waals surface area contributed by atoms with Gasteiger partial charge in [-0.05, 0) is 18.6 Å². The maximum Gasteiger partial charge on any atom is 0.226 e. The van der Waals surface area contributed by atoms with Gasteiger partial charge in [0.1, 0.15) is 5.75 Å². The summed E-state index contributed by atoms with van der Waals surface area (Å²) >= 11 is 6.96. The summed E-state index contributed by atoms with van der Waals surface area (Å²) in [4.78, 5) is 16.0. The Morgan fingerprint density at radius 3 is 3.10 bits per heavy atom. The van der Waals surface area contributed by atoms with Crippen LogP contribution in [0, 0.1) is 0 Å². The molecule has 2 rings (SSSR count). The van der Waals surface area contributed by atoms with E-state index in [1.165, 1.54) is 11.3 Å². The van der Waals surface area contributed by atoms with Crippen LogP contribution in [-0.4, -0.2) is 23.9 Å². The first kappa shape index (κ1) is 14.8. The van der Waals surface area contributed by atoms with Crippen molar-refractivity contribution in [2.75, 3.05) is 18.3 Å². The van der Waals surface area contributed by atoms with E-state index in [1.807, 2.05) is 29.6 Å². The zero-order chi connectivity index (χ0) is 14.4. The lowest BCUT2D eigenvalue weighted by Crippen LogP contribution is -2.10. The highest BCUT2D eigenvalue weighted by Gasteiger charge is 2.08. The molecular formula is C14H15ClN2O2S. The number of alkyl halides is 1. The van der Waals surface area contributed by atoms with Crippen LogP contribution in [0.25, 0.3) is 11.3 Å². The highest BCUT2D eigenvalue weighted by Crippen LogP contribution is 2.27. The number of thiazole rings is 1. The molecule has 0 spiro atoms. The zero-order valence-electron chi connectivity index (χ0n) is 11.1. The quantitative estimate of drug-likeness (QED) is 0.826. The van der Waals surface area contributed by atoms with E-state index < -0.39 is 0 Å². The van der Waals surface area contributed by atoms with E-state index in [4.69, 9.17) is 16.3 Å². The Morgan fingerprint density at radius 1 is 1.50 bits per heavy atom. The Morgan fingerprint density at radius 2 is 2.35 bits per heavy atom. The zero-order valence-corrected chi connectivity index (χ0v) is 12.6. The van der Waals surface area contributed by atoms with Crippen molar-refractivity contribution in [2.24, 2.45) is 0 Å². The number of methoxy groups -OCH3 is 1. The standard InChI is InChI=1S/C14H15ClN2O2S/c1-19-11-5-2-4-10(8-11)12-9-20-14(16-12)17-13(18)6-3-7-15/h2,4-5,8-9H,3,6-7H2,1H3,(H,16,17,18). The van der Waals surface area contributed by atoms with Gasteiger partial charge in [0.05, 0.1) is 12.8 Å². The smallest absolute Gasteiger partial charge is 0.226 e. The number of halogens is 1. The molecule has 0 aliphatic rings. The van der Waals surface area contributed by atoms with Gasteiger partial charge in [-0.3, -0.25) is 4.79 Å². The Bertz CT molecular complexity index is 586.